The zero-order valence-corrected chi connectivity index (χ0v) is 21.6. The smallest absolute Gasteiger partial charge is 0.0626 e. The van der Waals surface area contributed by atoms with Gasteiger partial charge >= 0.3 is 0 Å². The van der Waals surface area contributed by atoms with Gasteiger partial charge in [-0.15, -0.1) is 0 Å². The van der Waals surface area contributed by atoms with Gasteiger partial charge in [-0.25, -0.2) is 0 Å². The second-order valence-corrected chi connectivity index (χ2v) is 11.1. The molecule has 38 heavy (non-hydrogen) atoms. The Kier molecular flexibility index (Phi) is 5.07. The normalized spacial score (nSPS) is 28.2. The van der Waals surface area contributed by atoms with Crippen LogP contribution in [-0.2, 0) is 0 Å². The Morgan fingerprint density at radius 1 is 0.500 bits per heavy atom. The van der Waals surface area contributed by atoms with E-state index in [2.05, 4.69) is 131 Å². The van der Waals surface area contributed by atoms with Gasteiger partial charge in [-0.05, 0) is 84.4 Å². The Balaban J connectivity index is 1.08. The number of anilines is 2. The molecule has 186 valence electrons. The van der Waals surface area contributed by atoms with Gasteiger partial charge < -0.3 is 9.80 Å². The summed E-state index contributed by atoms with van der Waals surface area (Å²) in [6.07, 6.45) is 32.3. The molecule has 2 aromatic rings. The molecule has 2 aromatic carbocycles. The van der Waals surface area contributed by atoms with Gasteiger partial charge in [0, 0.05) is 34.6 Å². The van der Waals surface area contributed by atoms with Crippen molar-refractivity contribution < 1.29 is 0 Å². The lowest BCUT2D eigenvalue weighted by Crippen LogP contribution is -2.32. The lowest BCUT2D eigenvalue weighted by atomic mass is 9.87. The SMILES string of the molecule is C1=CC2C3=C(C=CCC3)N(c3ccc(-c4ccc(N5C6=C(CCC=C6)C6C=CC=CC65)cc4)cc3)C2C=C1. The van der Waals surface area contributed by atoms with Gasteiger partial charge in [0.2, 0.25) is 0 Å². The van der Waals surface area contributed by atoms with E-state index < -0.39 is 0 Å². The van der Waals surface area contributed by atoms with Crippen molar-refractivity contribution in [3.05, 3.63) is 144 Å². The maximum absolute atomic E-state index is 2.54. The van der Waals surface area contributed by atoms with Gasteiger partial charge in [0.25, 0.3) is 0 Å². The number of hydrogen-bond acceptors (Lipinski definition) is 2. The van der Waals surface area contributed by atoms with Crippen LogP contribution >= 0.6 is 0 Å². The molecule has 4 unspecified atom stereocenters. The predicted octanol–water partition coefficient (Wildman–Crippen LogP) is 8.42. The van der Waals surface area contributed by atoms with Gasteiger partial charge in [0.1, 0.15) is 0 Å². The molecule has 0 radical (unpaired) electrons. The summed E-state index contributed by atoms with van der Waals surface area (Å²) in [5.74, 6) is 1.00. The van der Waals surface area contributed by atoms with Crippen molar-refractivity contribution in [2.45, 2.75) is 37.8 Å². The van der Waals surface area contributed by atoms with Crippen molar-refractivity contribution in [2.24, 2.45) is 11.8 Å². The lowest BCUT2D eigenvalue weighted by molar-refractivity contribution is 0.658. The van der Waals surface area contributed by atoms with Crippen LogP contribution < -0.4 is 9.80 Å². The standard InChI is InChI=1S/C36H32N2/c1-5-13-33-29(9-1)30-10-2-6-14-34(30)37(33)27-21-17-25(18-22-27)26-19-23-28(24-20-26)38-35-15-7-3-11-31(35)32-12-4-8-16-36(32)38/h1,3,5-9,11,13-24,29,31,33,35H,2,4,10,12H2. The maximum atomic E-state index is 2.54. The summed E-state index contributed by atoms with van der Waals surface area (Å²) in [5.41, 5.74) is 11.1. The van der Waals surface area contributed by atoms with E-state index in [-0.39, 0.29) is 0 Å². The summed E-state index contributed by atoms with van der Waals surface area (Å²) in [6, 6.07) is 19.2. The first-order chi connectivity index (χ1) is 18.9. The van der Waals surface area contributed by atoms with Crippen LogP contribution in [0.1, 0.15) is 25.7 Å². The highest BCUT2D eigenvalue weighted by Gasteiger charge is 2.40. The molecule has 0 aromatic heterocycles. The zero-order valence-electron chi connectivity index (χ0n) is 21.6. The van der Waals surface area contributed by atoms with Crippen LogP contribution in [0.5, 0.6) is 0 Å². The third-order valence-electron chi connectivity index (χ3n) is 9.13. The van der Waals surface area contributed by atoms with Gasteiger partial charge in [-0.3, -0.25) is 0 Å². The van der Waals surface area contributed by atoms with Gasteiger partial charge in [-0.2, -0.15) is 0 Å². The largest absolute Gasteiger partial charge is 0.334 e. The van der Waals surface area contributed by atoms with Gasteiger partial charge in [-0.1, -0.05) is 85.0 Å². The topological polar surface area (TPSA) is 6.48 Å². The number of benzene rings is 2. The maximum Gasteiger partial charge on any atom is 0.0626 e. The minimum Gasteiger partial charge on any atom is -0.334 e. The molecule has 0 fully saturated rings. The molecule has 6 aliphatic rings. The molecule has 4 atom stereocenters. The van der Waals surface area contributed by atoms with E-state index >= 15 is 0 Å². The fourth-order valence-electron chi connectivity index (χ4n) is 7.38. The van der Waals surface area contributed by atoms with E-state index in [1.54, 1.807) is 11.1 Å². The van der Waals surface area contributed by atoms with Crippen LogP contribution in [0.3, 0.4) is 0 Å². The van der Waals surface area contributed by atoms with Crippen LogP contribution in [-0.4, -0.2) is 12.1 Å². The summed E-state index contributed by atoms with van der Waals surface area (Å²) in [7, 11) is 0. The van der Waals surface area contributed by atoms with E-state index in [0.717, 1.165) is 12.8 Å². The molecule has 2 heterocycles. The van der Waals surface area contributed by atoms with Crippen molar-refractivity contribution >= 4 is 11.4 Å². The number of hydrogen-bond donors (Lipinski definition) is 0. The zero-order chi connectivity index (χ0) is 25.1. The number of rotatable bonds is 3. The number of allylic oxidation sites excluding steroid dienone is 8. The molecular weight excluding hydrogens is 460 g/mol. The minimum atomic E-state index is 0.388. The number of fused-ring (bicyclic) bond motifs is 4. The van der Waals surface area contributed by atoms with Gasteiger partial charge in [0.05, 0.1) is 12.1 Å². The molecule has 0 saturated carbocycles. The fourth-order valence-corrected chi connectivity index (χ4v) is 7.38. The molecule has 2 nitrogen and oxygen atoms in total. The van der Waals surface area contributed by atoms with Crippen LogP contribution in [0.15, 0.2) is 144 Å². The molecule has 0 saturated heterocycles. The highest BCUT2D eigenvalue weighted by atomic mass is 15.2. The number of nitrogens with zero attached hydrogens (tertiary/aromatic N) is 2. The average molecular weight is 493 g/mol. The van der Waals surface area contributed by atoms with Crippen LogP contribution in [0, 0.1) is 11.8 Å². The molecule has 0 N–H and O–H groups in total. The Labute approximate surface area is 225 Å². The Morgan fingerprint density at radius 3 is 1.37 bits per heavy atom. The first-order valence-corrected chi connectivity index (χ1v) is 14.1. The molecule has 0 spiro atoms. The molecule has 4 aliphatic carbocycles. The van der Waals surface area contributed by atoms with E-state index in [9.17, 15) is 0 Å². The summed E-state index contributed by atoms with van der Waals surface area (Å²) in [5, 5.41) is 0. The first-order valence-electron chi connectivity index (χ1n) is 14.1. The van der Waals surface area contributed by atoms with Crippen LogP contribution in [0.25, 0.3) is 11.1 Å². The summed E-state index contributed by atoms with van der Waals surface area (Å²) in [4.78, 5) is 5.09. The van der Waals surface area contributed by atoms with E-state index in [1.807, 2.05) is 0 Å². The highest BCUT2D eigenvalue weighted by Crippen LogP contribution is 2.46. The van der Waals surface area contributed by atoms with E-state index in [1.165, 1.54) is 46.7 Å². The molecular formula is C36H32N2. The predicted molar refractivity (Wildman–Crippen MR) is 159 cm³/mol. The molecule has 0 amide bonds. The molecule has 0 bridgehead atoms. The van der Waals surface area contributed by atoms with Crippen molar-refractivity contribution in [2.75, 3.05) is 9.80 Å². The second-order valence-electron chi connectivity index (χ2n) is 11.1. The third-order valence-corrected chi connectivity index (χ3v) is 9.13. The van der Waals surface area contributed by atoms with Crippen LogP contribution in [0.2, 0.25) is 0 Å². The van der Waals surface area contributed by atoms with Crippen molar-refractivity contribution in [3.63, 3.8) is 0 Å². The Bertz CT molecular complexity index is 1400. The van der Waals surface area contributed by atoms with E-state index in [0.29, 0.717) is 23.9 Å². The summed E-state index contributed by atoms with van der Waals surface area (Å²) >= 11 is 0. The molecule has 2 heteroatoms. The lowest BCUT2D eigenvalue weighted by Gasteiger charge is -2.30. The Morgan fingerprint density at radius 2 is 0.921 bits per heavy atom. The first kappa shape index (κ1) is 22.0. The van der Waals surface area contributed by atoms with Crippen molar-refractivity contribution in [3.8, 4) is 11.1 Å². The van der Waals surface area contributed by atoms with Crippen molar-refractivity contribution in [1.82, 2.24) is 0 Å². The monoisotopic (exact) mass is 492 g/mol. The summed E-state index contributed by atoms with van der Waals surface area (Å²) in [6.45, 7) is 0. The minimum absolute atomic E-state index is 0.388. The second kappa shape index (κ2) is 8.77. The molecule has 2 aliphatic heterocycles. The molecule has 8 rings (SSSR count). The fraction of sp³-hybridized carbons (Fsp3) is 0.222. The summed E-state index contributed by atoms with van der Waals surface area (Å²) < 4.78 is 0. The third kappa shape index (κ3) is 3.33. The average Bonchev–Trinajstić information content (AvgIpc) is 3.51. The van der Waals surface area contributed by atoms with Crippen LogP contribution in [0.4, 0.5) is 11.4 Å². The van der Waals surface area contributed by atoms with Gasteiger partial charge in [0.15, 0.2) is 0 Å². The highest BCUT2D eigenvalue weighted by molar-refractivity contribution is 5.73. The van der Waals surface area contributed by atoms with E-state index in [4.69, 9.17) is 0 Å². The Hall–Kier alpha value is -4.04. The van der Waals surface area contributed by atoms with Crippen molar-refractivity contribution in [1.29, 1.82) is 0 Å². The quantitative estimate of drug-likeness (QED) is 0.424.